The smallest absolute Gasteiger partial charge is 0.129 e. The van der Waals surface area contributed by atoms with Crippen LogP contribution in [0.1, 0.15) is 18.5 Å². The van der Waals surface area contributed by atoms with Gasteiger partial charge in [0.25, 0.3) is 0 Å². The number of nitrogens with zero attached hydrogens (tertiary/aromatic N) is 2. The lowest BCUT2D eigenvalue weighted by Crippen LogP contribution is -2.32. The molecule has 1 aliphatic heterocycles. The highest BCUT2D eigenvalue weighted by Gasteiger charge is 2.24. The zero-order valence-electron chi connectivity index (χ0n) is 8.78. The van der Waals surface area contributed by atoms with Gasteiger partial charge in [-0.15, -0.1) is 0 Å². The summed E-state index contributed by atoms with van der Waals surface area (Å²) in [5.74, 6) is 0.979. The predicted molar refractivity (Wildman–Crippen MR) is 64.1 cm³/mol. The molecule has 1 aromatic rings. The van der Waals surface area contributed by atoms with E-state index in [1.165, 1.54) is 0 Å². The lowest BCUT2D eigenvalue weighted by atomic mass is 10.2. The number of aliphatic hydroxyl groups is 1. The zero-order chi connectivity index (χ0) is 10.8. The van der Waals surface area contributed by atoms with Crippen LogP contribution in [0.25, 0.3) is 0 Å². The van der Waals surface area contributed by atoms with Crippen molar-refractivity contribution in [2.24, 2.45) is 0 Å². The Morgan fingerprint density at radius 3 is 3.07 bits per heavy atom. The van der Waals surface area contributed by atoms with E-state index in [4.69, 9.17) is 0 Å². The van der Waals surface area contributed by atoms with Crippen molar-refractivity contribution in [3.05, 3.63) is 22.3 Å². The van der Waals surface area contributed by atoms with Crippen molar-refractivity contribution in [3.8, 4) is 0 Å². The summed E-state index contributed by atoms with van der Waals surface area (Å²) < 4.78 is 1.03. The minimum Gasteiger partial charge on any atom is -0.394 e. The van der Waals surface area contributed by atoms with E-state index in [1.54, 1.807) is 0 Å². The first kappa shape index (κ1) is 10.9. The van der Waals surface area contributed by atoms with Crippen LogP contribution in [0, 0.1) is 6.92 Å². The average molecular weight is 271 g/mol. The summed E-state index contributed by atoms with van der Waals surface area (Å²) in [7, 11) is 0. The standard InChI is InChI=1S/C11H15BrN2O/c1-8-10(12)4-5-11(13-8)14-6-2-3-9(14)7-15/h4-5,9,15H,2-3,6-7H2,1H3. The second-order valence-electron chi connectivity index (χ2n) is 3.91. The number of pyridine rings is 1. The molecule has 1 unspecified atom stereocenters. The van der Waals surface area contributed by atoms with Crippen LogP contribution in [0.3, 0.4) is 0 Å². The van der Waals surface area contributed by atoms with Gasteiger partial charge in [-0.25, -0.2) is 4.98 Å². The second-order valence-corrected chi connectivity index (χ2v) is 4.76. The Balaban J connectivity index is 2.25. The van der Waals surface area contributed by atoms with E-state index in [1.807, 2.05) is 19.1 Å². The summed E-state index contributed by atoms with van der Waals surface area (Å²) in [6.45, 7) is 3.20. The fraction of sp³-hybridized carbons (Fsp3) is 0.545. The molecule has 2 heterocycles. The number of anilines is 1. The molecular formula is C11H15BrN2O. The quantitative estimate of drug-likeness (QED) is 0.895. The maximum Gasteiger partial charge on any atom is 0.129 e. The molecule has 1 N–H and O–H groups in total. The number of hydrogen-bond acceptors (Lipinski definition) is 3. The van der Waals surface area contributed by atoms with Crippen LogP contribution in [-0.4, -0.2) is 29.3 Å². The van der Waals surface area contributed by atoms with Crippen LogP contribution >= 0.6 is 15.9 Å². The number of halogens is 1. The molecule has 0 aromatic carbocycles. The predicted octanol–water partition coefficient (Wildman–Crippen LogP) is 2.11. The molecule has 3 nitrogen and oxygen atoms in total. The van der Waals surface area contributed by atoms with Gasteiger partial charge in [-0.1, -0.05) is 0 Å². The van der Waals surface area contributed by atoms with Crippen molar-refractivity contribution < 1.29 is 5.11 Å². The number of aryl methyl sites for hydroxylation is 1. The second kappa shape index (κ2) is 4.49. The molecule has 0 spiro atoms. The van der Waals surface area contributed by atoms with Crippen molar-refractivity contribution in [3.63, 3.8) is 0 Å². The molecule has 1 fully saturated rings. The number of aliphatic hydroxyl groups excluding tert-OH is 1. The Hall–Kier alpha value is -0.610. The Bertz CT molecular complexity index is 356. The molecule has 0 amide bonds. The Morgan fingerprint density at radius 1 is 1.60 bits per heavy atom. The third kappa shape index (κ3) is 2.16. The molecule has 2 rings (SSSR count). The zero-order valence-corrected chi connectivity index (χ0v) is 10.4. The first-order valence-electron chi connectivity index (χ1n) is 5.23. The van der Waals surface area contributed by atoms with Crippen molar-refractivity contribution >= 4 is 21.7 Å². The molecule has 1 aliphatic rings. The SMILES string of the molecule is Cc1nc(N2CCCC2CO)ccc1Br. The topological polar surface area (TPSA) is 36.4 Å². The molecule has 15 heavy (non-hydrogen) atoms. The van der Waals surface area contributed by atoms with Gasteiger partial charge in [0.1, 0.15) is 5.82 Å². The molecule has 4 heteroatoms. The van der Waals surface area contributed by atoms with Gasteiger partial charge < -0.3 is 10.0 Å². The molecule has 0 bridgehead atoms. The monoisotopic (exact) mass is 270 g/mol. The number of hydrogen-bond donors (Lipinski definition) is 1. The van der Waals surface area contributed by atoms with Gasteiger partial charge in [-0.05, 0) is 47.8 Å². The number of rotatable bonds is 2. The highest BCUT2D eigenvalue weighted by Crippen LogP contribution is 2.25. The Morgan fingerprint density at radius 2 is 2.40 bits per heavy atom. The maximum absolute atomic E-state index is 9.24. The van der Waals surface area contributed by atoms with Crippen LogP contribution in [-0.2, 0) is 0 Å². The Labute approximate surface area is 98.3 Å². The minimum absolute atomic E-state index is 0.219. The highest BCUT2D eigenvalue weighted by atomic mass is 79.9. The van der Waals surface area contributed by atoms with E-state index in [-0.39, 0.29) is 12.6 Å². The molecule has 1 atom stereocenters. The molecule has 0 radical (unpaired) electrons. The van der Waals surface area contributed by atoms with Crippen molar-refractivity contribution in [1.29, 1.82) is 0 Å². The van der Waals surface area contributed by atoms with Crippen LogP contribution in [0.4, 0.5) is 5.82 Å². The van der Waals surface area contributed by atoms with Crippen LogP contribution in [0.15, 0.2) is 16.6 Å². The van der Waals surface area contributed by atoms with Gasteiger partial charge in [0, 0.05) is 11.0 Å². The van der Waals surface area contributed by atoms with Crippen LogP contribution in [0.5, 0.6) is 0 Å². The average Bonchev–Trinajstić information content (AvgIpc) is 2.70. The first-order valence-corrected chi connectivity index (χ1v) is 6.02. The van der Waals surface area contributed by atoms with Crippen molar-refractivity contribution in [2.75, 3.05) is 18.1 Å². The van der Waals surface area contributed by atoms with E-state index in [2.05, 4.69) is 25.8 Å². The summed E-state index contributed by atoms with van der Waals surface area (Å²) in [6, 6.07) is 4.27. The summed E-state index contributed by atoms with van der Waals surface area (Å²) in [4.78, 5) is 6.71. The largest absolute Gasteiger partial charge is 0.394 e. The summed E-state index contributed by atoms with van der Waals surface area (Å²) in [6.07, 6.45) is 2.20. The summed E-state index contributed by atoms with van der Waals surface area (Å²) in [5.41, 5.74) is 0.996. The van der Waals surface area contributed by atoms with Gasteiger partial charge in [0.05, 0.1) is 18.3 Å². The first-order chi connectivity index (χ1) is 7.22. The minimum atomic E-state index is 0.219. The summed E-state index contributed by atoms with van der Waals surface area (Å²) in [5, 5.41) is 9.24. The van der Waals surface area contributed by atoms with Gasteiger partial charge >= 0.3 is 0 Å². The van der Waals surface area contributed by atoms with E-state index >= 15 is 0 Å². The molecule has 1 aromatic heterocycles. The summed E-state index contributed by atoms with van der Waals surface area (Å²) >= 11 is 3.44. The fourth-order valence-corrected chi connectivity index (χ4v) is 2.24. The molecule has 1 saturated heterocycles. The maximum atomic E-state index is 9.24. The highest BCUT2D eigenvalue weighted by molar-refractivity contribution is 9.10. The van der Waals surface area contributed by atoms with Crippen LogP contribution in [0.2, 0.25) is 0 Å². The number of aromatic nitrogens is 1. The molecule has 82 valence electrons. The van der Waals surface area contributed by atoms with Crippen molar-refractivity contribution in [1.82, 2.24) is 4.98 Å². The van der Waals surface area contributed by atoms with Gasteiger partial charge in [-0.3, -0.25) is 0 Å². The fourth-order valence-electron chi connectivity index (χ4n) is 2.02. The van der Waals surface area contributed by atoms with Gasteiger partial charge in [0.2, 0.25) is 0 Å². The lowest BCUT2D eigenvalue weighted by Gasteiger charge is -2.24. The molecular weight excluding hydrogens is 256 g/mol. The molecule has 0 aliphatic carbocycles. The van der Waals surface area contributed by atoms with Crippen molar-refractivity contribution in [2.45, 2.75) is 25.8 Å². The third-order valence-corrected chi connectivity index (χ3v) is 3.73. The van der Waals surface area contributed by atoms with E-state index in [9.17, 15) is 5.11 Å². The third-order valence-electron chi connectivity index (χ3n) is 2.89. The van der Waals surface area contributed by atoms with E-state index in [0.29, 0.717) is 0 Å². The van der Waals surface area contributed by atoms with Crippen LogP contribution < -0.4 is 4.90 Å². The Kier molecular flexibility index (Phi) is 3.26. The lowest BCUT2D eigenvalue weighted by molar-refractivity contribution is 0.266. The van der Waals surface area contributed by atoms with Gasteiger partial charge in [0.15, 0.2) is 0 Å². The molecule has 0 saturated carbocycles. The van der Waals surface area contributed by atoms with Gasteiger partial charge in [-0.2, -0.15) is 0 Å². The van der Waals surface area contributed by atoms with E-state index < -0.39 is 0 Å². The normalized spacial score (nSPS) is 21.0. The van der Waals surface area contributed by atoms with E-state index in [0.717, 1.165) is 35.4 Å².